The normalized spacial score (nSPS) is 10.8. The molecule has 0 atom stereocenters. The van der Waals surface area contributed by atoms with Crippen LogP contribution in [0.3, 0.4) is 0 Å². The minimum atomic E-state index is 0.747. The Morgan fingerprint density at radius 1 is 1.24 bits per heavy atom. The molecule has 2 aromatic heterocycles. The fraction of sp³-hybridized carbons (Fsp3) is 0.250. The van der Waals surface area contributed by atoms with Crippen LogP contribution in [0, 0.1) is 6.92 Å². The standard InChI is InChI=1S/C16H18N4O/c1-11-15-8-13(10-18-16(15)20(2)19-11)17-9-12-4-6-14(21-3)7-5-12/h4-8,10,17H,9H2,1-3H3. The van der Waals surface area contributed by atoms with E-state index in [4.69, 9.17) is 4.74 Å². The van der Waals surface area contributed by atoms with Crippen LogP contribution in [-0.2, 0) is 13.6 Å². The molecule has 0 bridgehead atoms. The molecule has 0 amide bonds. The molecule has 5 nitrogen and oxygen atoms in total. The predicted octanol–water partition coefficient (Wildman–Crippen LogP) is 2.90. The maximum Gasteiger partial charge on any atom is 0.157 e. The lowest BCUT2D eigenvalue weighted by Crippen LogP contribution is -2.00. The van der Waals surface area contributed by atoms with Crippen LogP contribution >= 0.6 is 0 Å². The van der Waals surface area contributed by atoms with Crippen molar-refractivity contribution < 1.29 is 4.74 Å². The van der Waals surface area contributed by atoms with E-state index in [0.29, 0.717) is 0 Å². The zero-order chi connectivity index (χ0) is 14.8. The summed E-state index contributed by atoms with van der Waals surface area (Å²) in [7, 11) is 3.58. The van der Waals surface area contributed by atoms with Crippen LogP contribution in [0.25, 0.3) is 11.0 Å². The highest BCUT2D eigenvalue weighted by atomic mass is 16.5. The van der Waals surface area contributed by atoms with Gasteiger partial charge in [-0.2, -0.15) is 5.10 Å². The van der Waals surface area contributed by atoms with E-state index in [1.54, 1.807) is 11.8 Å². The zero-order valence-electron chi connectivity index (χ0n) is 12.4. The summed E-state index contributed by atoms with van der Waals surface area (Å²) in [6.07, 6.45) is 1.84. The maximum absolute atomic E-state index is 5.16. The van der Waals surface area contributed by atoms with Gasteiger partial charge in [0, 0.05) is 19.0 Å². The van der Waals surface area contributed by atoms with Gasteiger partial charge in [-0.1, -0.05) is 12.1 Å². The third kappa shape index (κ3) is 2.67. The molecule has 0 aliphatic rings. The van der Waals surface area contributed by atoms with Crippen LogP contribution in [0.15, 0.2) is 36.5 Å². The van der Waals surface area contributed by atoms with E-state index in [9.17, 15) is 0 Å². The molecule has 0 unspecified atom stereocenters. The Balaban J connectivity index is 1.76. The number of methoxy groups -OCH3 is 1. The highest BCUT2D eigenvalue weighted by molar-refractivity contribution is 5.81. The lowest BCUT2D eigenvalue weighted by Gasteiger charge is -2.07. The molecule has 3 rings (SSSR count). The Bertz CT molecular complexity index is 762. The average Bonchev–Trinajstić information content (AvgIpc) is 2.80. The molecule has 21 heavy (non-hydrogen) atoms. The summed E-state index contributed by atoms with van der Waals surface area (Å²) in [6, 6.07) is 10.1. The van der Waals surface area contributed by atoms with Gasteiger partial charge in [0.15, 0.2) is 5.65 Å². The minimum absolute atomic E-state index is 0.747. The van der Waals surface area contributed by atoms with Crippen molar-refractivity contribution in [1.29, 1.82) is 0 Å². The molecule has 1 aromatic carbocycles. The number of hydrogen-bond donors (Lipinski definition) is 1. The zero-order valence-corrected chi connectivity index (χ0v) is 12.4. The third-order valence-corrected chi connectivity index (χ3v) is 3.52. The Hall–Kier alpha value is -2.56. The summed E-state index contributed by atoms with van der Waals surface area (Å²) in [5.74, 6) is 0.868. The highest BCUT2D eigenvalue weighted by Crippen LogP contribution is 2.20. The van der Waals surface area contributed by atoms with Crippen molar-refractivity contribution in [3.05, 3.63) is 47.8 Å². The fourth-order valence-corrected chi connectivity index (χ4v) is 2.35. The molecule has 2 heterocycles. The molecule has 0 saturated carbocycles. The smallest absolute Gasteiger partial charge is 0.157 e. The van der Waals surface area contributed by atoms with Crippen molar-refractivity contribution in [2.75, 3.05) is 12.4 Å². The van der Waals surface area contributed by atoms with E-state index < -0.39 is 0 Å². The summed E-state index contributed by atoms with van der Waals surface area (Å²) < 4.78 is 6.96. The Morgan fingerprint density at radius 3 is 2.71 bits per heavy atom. The average molecular weight is 282 g/mol. The van der Waals surface area contributed by atoms with Crippen LogP contribution in [0.4, 0.5) is 5.69 Å². The van der Waals surface area contributed by atoms with Gasteiger partial charge in [0.2, 0.25) is 0 Å². The number of pyridine rings is 1. The van der Waals surface area contributed by atoms with E-state index in [-0.39, 0.29) is 0 Å². The van der Waals surface area contributed by atoms with Gasteiger partial charge in [0.1, 0.15) is 5.75 Å². The molecule has 0 fully saturated rings. The minimum Gasteiger partial charge on any atom is -0.497 e. The molecular weight excluding hydrogens is 264 g/mol. The van der Waals surface area contributed by atoms with Crippen LogP contribution in [0.1, 0.15) is 11.3 Å². The lowest BCUT2D eigenvalue weighted by molar-refractivity contribution is 0.414. The third-order valence-electron chi connectivity index (χ3n) is 3.52. The number of anilines is 1. The van der Waals surface area contributed by atoms with E-state index in [0.717, 1.165) is 34.7 Å². The summed E-state index contributed by atoms with van der Waals surface area (Å²) in [6.45, 7) is 2.74. The quantitative estimate of drug-likeness (QED) is 0.799. The van der Waals surface area contributed by atoms with Crippen LogP contribution in [-0.4, -0.2) is 21.9 Å². The molecular formula is C16H18N4O. The first kappa shape index (κ1) is 13.4. The number of nitrogens with zero attached hydrogens (tertiary/aromatic N) is 3. The second-order valence-electron chi connectivity index (χ2n) is 5.01. The first-order valence-electron chi connectivity index (χ1n) is 6.83. The van der Waals surface area contributed by atoms with Gasteiger partial charge >= 0.3 is 0 Å². The number of nitrogens with one attached hydrogen (secondary N) is 1. The first-order chi connectivity index (χ1) is 10.2. The molecule has 0 spiro atoms. The highest BCUT2D eigenvalue weighted by Gasteiger charge is 2.06. The predicted molar refractivity (Wildman–Crippen MR) is 83.6 cm³/mol. The number of aryl methyl sites for hydroxylation is 2. The monoisotopic (exact) mass is 282 g/mol. The SMILES string of the molecule is COc1ccc(CNc2cnc3c(c2)c(C)nn3C)cc1. The van der Waals surface area contributed by atoms with Crippen molar-refractivity contribution in [3.63, 3.8) is 0 Å². The van der Waals surface area contributed by atoms with Crippen LogP contribution in [0.2, 0.25) is 0 Å². The largest absolute Gasteiger partial charge is 0.497 e. The molecule has 0 aliphatic carbocycles. The lowest BCUT2D eigenvalue weighted by atomic mass is 10.2. The van der Waals surface area contributed by atoms with Crippen molar-refractivity contribution in [3.8, 4) is 5.75 Å². The van der Waals surface area contributed by atoms with E-state index in [1.807, 2.05) is 44.4 Å². The Kier molecular flexibility index (Phi) is 3.48. The van der Waals surface area contributed by atoms with Gasteiger partial charge in [-0.3, -0.25) is 4.68 Å². The molecule has 0 aliphatic heterocycles. The van der Waals surface area contributed by atoms with E-state index >= 15 is 0 Å². The number of fused-ring (bicyclic) bond motifs is 1. The second kappa shape index (κ2) is 5.44. The van der Waals surface area contributed by atoms with Gasteiger partial charge in [-0.05, 0) is 30.7 Å². The van der Waals surface area contributed by atoms with Crippen LogP contribution in [0.5, 0.6) is 5.75 Å². The van der Waals surface area contributed by atoms with Gasteiger partial charge in [0.25, 0.3) is 0 Å². The van der Waals surface area contributed by atoms with Crippen molar-refractivity contribution in [2.24, 2.45) is 7.05 Å². The Labute approximate surface area is 123 Å². The number of rotatable bonds is 4. The summed E-state index contributed by atoms with van der Waals surface area (Å²) in [4.78, 5) is 4.46. The van der Waals surface area contributed by atoms with Crippen molar-refractivity contribution >= 4 is 16.7 Å². The molecule has 1 N–H and O–H groups in total. The summed E-state index contributed by atoms with van der Waals surface area (Å²) in [5.41, 5.74) is 4.09. The summed E-state index contributed by atoms with van der Waals surface area (Å²) in [5, 5.41) is 8.85. The van der Waals surface area contributed by atoms with Gasteiger partial charge < -0.3 is 10.1 Å². The van der Waals surface area contributed by atoms with E-state index in [1.165, 1.54) is 5.56 Å². The number of benzene rings is 1. The number of hydrogen-bond acceptors (Lipinski definition) is 4. The van der Waals surface area contributed by atoms with Gasteiger partial charge in [-0.25, -0.2) is 4.98 Å². The van der Waals surface area contributed by atoms with Crippen LogP contribution < -0.4 is 10.1 Å². The van der Waals surface area contributed by atoms with Crippen molar-refractivity contribution in [1.82, 2.24) is 14.8 Å². The molecule has 0 radical (unpaired) electrons. The summed E-state index contributed by atoms with van der Waals surface area (Å²) >= 11 is 0. The molecule has 0 saturated heterocycles. The number of ether oxygens (including phenoxy) is 1. The molecule has 5 heteroatoms. The topological polar surface area (TPSA) is 52.0 Å². The Morgan fingerprint density at radius 2 is 2.00 bits per heavy atom. The van der Waals surface area contributed by atoms with E-state index in [2.05, 4.69) is 21.5 Å². The maximum atomic E-state index is 5.16. The van der Waals surface area contributed by atoms with Gasteiger partial charge in [0.05, 0.1) is 24.7 Å². The molecule has 108 valence electrons. The number of aromatic nitrogens is 3. The fourth-order valence-electron chi connectivity index (χ4n) is 2.35. The van der Waals surface area contributed by atoms with Crippen molar-refractivity contribution in [2.45, 2.75) is 13.5 Å². The molecule has 3 aromatic rings. The second-order valence-corrected chi connectivity index (χ2v) is 5.01. The van der Waals surface area contributed by atoms with Gasteiger partial charge in [-0.15, -0.1) is 0 Å². The first-order valence-corrected chi connectivity index (χ1v) is 6.83.